The van der Waals surface area contributed by atoms with E-state index in [0.29, 0.717) is 6.04 Å². The Balaban J connectivity index is 1.82. The summed E-state index contributed by atoms with van der Waals surface area (Å²) in [5, 5.41) is 12.7. The van der Waals surface area contributed by atoms with E-state index in [0.717, 1.165) is 15.2 Å². The Bertz CT molecular complexity index is 307. The number of anilines is 1. The SMILES string of the molecule is CN(C)c1nnc(SC[C@H]2CCCN2)s1. The maximum absolute atomic E-state index is 4.16. The molecule has 0 aliphatic carbocycles. The van der Waals surface area contributed by atoms with Gasteiger partial charge in [-0.3, -0.25) is 0 Å². The molecule has 1 aliphatic rings. The molecule has 15 heavy (non-hydrogen) atoms. The van der Waals surface area contributed by atoms with E-state index in [1.54, 1.807) is 11.3 Å². The van der Waals surface area contributed by atoms with Crippen molar-refractivity contribution in [3.05, 3.63) is 0 Å². The molecule has 84 valence electrons. The number of rotatable bonds is 4. The van der Waals surface area contributed by atoms with Gasteiger partial charge in [-0.1, -0.05) is 23.1 Å². The van der Waals surface area contributed by atoms with Crippen molar-refractivity contribution in [3.63, 3.8) is 0 Å². The van der Waals surface area contributed by atoms with Crippen LogP contribution in [0, 0.1) is 0 Å². The Morgan fingerprint density at radius 2 is 2.40 bits per heavy atom. The second-order valence-corrected chi connectivity index (χ2v) is 6.07. The molecule has 1 aromatic heterocycles. The molecule has 0 spiro atoms. The number of thioether (sulfide) groups is 1. The van der Waals surface area contributed by atoms with Crippen LogP contribution in [0.15, 0.2) is 4.34 Å². The third-order valence-electron chi connectivity index (χ3n) is 2.35. The summed E-state index contributed by atoms with van der Waals surface area (Å²) in [4.78, 5) is 2.00. The van der Waals surface area contributed by atoms with Crippen LogP contribution in [0.5, 0.6) is 0 Å². The molecule has 0 saturated carbocycles. The molecule has 1 N–H and O–H groups in total. The van der Waals surface area contributed by atoms with Gasteiger partial charge in [-0.2, -0.15) is 0 Å². The molecule has 0 amide bonds. The quantitative estimate of drug-likeness (QED) is 0.812. The first kappa shape index (κ1) is 11.2. The van der Waals surface area contributed by atoms with Gasteiger partial charge in [0.1, 0.15) is 0 Å². The molecule has 1 aliphatic heterocycles. The Labute approximate surface area is 98.5 Å². The Morgan fingerprint density at radius 3 is 3.00 bits per heavy atom. The molecule has 1 fully saturated rings. The van der Waals surface area contributed by atoms with Gasteiger partial charge in [-0.15, -0.1) is 10.2 Å². The van der Waals surface area contributed by atoms with Gasteiger partial charge in [0.2, 0.25) is 5.13 Å². The lowest BCUT2D eigenvalue weighted by atomic mass is 10.3. The molecule has 1 aromatic rings. The minimum atomic E-state index is 0.668. The zero-order valence-corrected chi connectivity index (χ0v) is 10.7. The Kier molecular flexibility index (Phi) is 3.82. The van der Waals surface area contributed by atoms with Crippen molar-refractivity contribution < 1.29 is 0 Å². The van der Waals surface area contributed by atoms with Crippen LogP contribution in [0.25, 0.3) is 0 Å². The maximum Gasteiger partial charge on any atom is 0.208 e. The first-order chi connectivity index (χ1) is 7.25. The molecular formula is C9H16N4S2. The largest absolute Gasteiger partial charge is 0.353 e. The highest BCUT2D eigenvalue weighted by atomic mass is 32.2. The van der Waals surface area contributed by atoms with Gasteiger partial charge in [0.15, 0.2) is 4.34 Å². The molecular weight excluding hydrogens is 228 g/mol. The van der Waals surface area contributed by atoms with E-state index in [9.17, 15) is 0 Å². The first-order valence-electron chi connectivity index (χ1n) is 5.13. The molecule has 1 atom stereocenters. The van der Waals surface area contributed by atoms with E-state index >= 15 is 0 Å². The first-order valence-corrected chi connectivity index (χ1v) is 6.93. The number of nitrogens with zero attached hydrogens (tertiary/aromatic N) is 3. The van der Waals surface area contributed by atoms with Crippen molar-refractivity contribution in [2.75, 3.05) is 31.3 Å². The average Bonchev–Trinajstić information content (AvgIpc) is 2.86. The highest BCUT2D eigenvalue weighted by Crippen LogP contribution is 2.28. The number of nitrogens with one attached hydrogen (secondary N) is 1. The van der Waals surface area contributed by atoms with E-state index in [-0.39, 0.29) is 0 Å². The van der Waals surface area contributed by atoms with Crippen LogP contribution in [-0.2, 0) is 0 Å². The van der Waals surface area contributed by atoms with Gasteiger partial charge in [-0.05, 0) is 19.4 Å². The lowest BCUT2D eigenvalue weighted by Crippen LogP contribution is -2.23. The monoisotopic (exact) mass is 244 g/mol. The van der Waals surface area contributed by atoms with E-state index in [1.807, 2.05) is 30.8 Å². The summed E-state index contributed by atoms with van der Waals surface area (Å²) in [5.74, 6) is 1.11. The second-order valence-electron chi connectivity index (χ2n) is 3.85. The summed E-state index contributed by atoms with van der Waals surface area (Å²) in [6.45, 7) is 1.17. The minimum absolute atomic E-state index is 0.668. The Morgan fingerprint density at radius 1 is 1.53 bits per heavy atom. The van der Waals surface area contributed by atoms with Gasteiger partial charge < -0.3 is 10.2 Å². The molecule has 2 rings (SSSR count). The molecule has 6 heteroatoms. The summed E-state index contributed by atoms with van der Waals surface area (Å²) < 4.78 is 1.08. The molecule has 0 bridgehead atoms. The van der Waals surface area contributed by atoms with Crippen LogP contribution in [-0.4, -0.2) is 42.6 Å². The topological polar surface area (TPSA) is 41.1 Å². The van der Waals surface area contributed by atoms with Gasteiger partial charge >= 0.3 is 0 Å². The molecule has 2 heterocycles. The van der Waals surface area contributed by atoms with Crippen LogP contribution in [0.3, 0.4) is 0 Å². The minimum Gasteiger partial charge on any atom is -0.353 e. The number of hydrogen-bond donors (Lipinski definition) is 1. The second kappa shape index (κ2) is 5.14. The molecule has 0 aromatic carbocycles. The van der Waals surface area contributed by atoms with E-state index in [2.05, 4.69) is 15.5 Å². The predicted octanol–water partition coefficient (Wildman–Crippen LogP) is 1.45. The standard InChI is InChI=1S/C9H16N4S2/c1-13(2)8-11-12-9(15-8)14-6-7-4-3-5-10-7/h7,10H,3-6H2,1-2H3/t7-/m1/s1. The molecule has 4 nitrogen and oxygen atoms in total. The lowest BCUT2D eigenvalue weighted by Gasteiger charge is -2.06. The lowest BCUT2D eigenvalue weighted by molar-refractivity contribution is 0.674. The summed E-state index contributed by atoms with van der Waals surface area (Å²) in [6, 6.07) is 0.668. The fourth-order valence-corrected chi connectivity index (χ4v) is 3.40. The van der Waals surface area contributed by atoms with Gasteiger partial charge in [0.25, 0.3) is 0 Å². The molecule has 0 unspecified atom stereocenters. The summed E-state index contributed by atoms with van der Waals surface area (Å²) in [6.07, 6.45) is 2.61. The van der Waals surface area contributed by atoms with Crippen molar-refractivity contribution in [1.82, 2.24) is 15.5 Å². The highest BCUT2D eigenvalue weighted by molar-refractivity contribution is 8.01. The molecule has 0 radical (unpaired) electrons. The van der Waals surface area contributed by atoms with Crippen LogP contribution < -0.4 is 10.2 Å². The van der Waals surface area contributed by atoms with Crippen molar-refractivity contribution in [1.29, 1.82) is 0 Å². The van der Waals surface area contributed by atoms with E-state index < -0.39 is 0 Å². The summed E-state index contributed by atoms with van der Waals surface area (Å²) in [5.41, 5.74) is 0. The van der Waals surface area contributed by atoms with E-state index in [1.165, 1.54) is 19.4 Å². The van der Waals surface area contributed by atoms with Crippen molar-refractivity contribution in [2.45, 2.75) is 23.2 Å². The van der Waals surface area contributed by atoms with Gasteiger partial charge in [-0.25, -0.2) is 0 Å². The summed E-state index contributed by atoms with van der Waals surface area (Å²) >= 11 is 3.47. The van der Waals surface area contributed by atoms with Crippen LogP contribution in [0.2, 0.25) is 0 Å². The zero-order valence-electron chi connectivity index (χ0n) is 9.06. The van der Waals surface area contributed by atoms with Gasteiger partial charge in [0, 0.05) is 25.9 Å². The smallest absolute Gasteiger partial charge is 0.208 e. The third-order valence-corrected chi connectivity index (χ3v) is 4.74. The van der Waals surface area contributed by atoms with Crippen LogP contribution >= 0.6 is 23.1 Å². The summed E-state index contributed by atoms with van der Waals surface area (Å²) in [7, 11) is 3.99. The van der Waals surface area contributed by atoms with Crippen molar-refractivity contribution >= 4 is 28.2 Å². The van der Waals surface area contributed by atoms with Crippen molar-refractivity contribution in [3.8, 4) is 0 Å². The zero-order chi connectivity index (χ0) is 10.7. The average molecular weight is 244 g/mol. The third kappa shape index (κ3) is 3.06. The van der Waals surface area contributed by atoms with E-state index in [4.69, 9.17) is 0 Å². The Hall–Kier alpha value is -0.330. The predicted molar refractivity (Wildman–Crippen MR) is 66.0 cm³/mol. The van der Waals surface area contributed by atoms with Crippen LogP contribution in [0.4, 0.5) is 5.13 Å². The maximum atomic E-state index is 4.16. The molecule has 1 saturated heterocycles. The van der Waals surface area contributed by atoms with Crippen LogP contribution in [0.1, 0.15) is 12.8 Å². The normalized spacial score (nSPS) is 20.8. The fraction of sp³-hybridized carbons (Fsp3) is 0.778. The number of hydrogen-bond acceptors (Lipinski definition) is 6. The van der Waals surface area contributed by atoms with Crippen molar-refractivity contribution in [2.24, 2.45) is 0 Å². The van der Waals surface area contributed by atoms with Gasteiger partial charge in [0.05, 0.1) is 0 Å². The number of aromatic nitrogens is 2. The highest BCUT2D eigenvalue weighted by Gasteiger charge is 2.15. The fourth-order valence-electron chi connectivity index (χ4n) is 1.51.